The predicted octanol–water partition coefficient (Wildman–Crippen LogP) is 0.983. The molecule has 0 heterocycles. The highest BCUT2D eigenvalue weighted by Gasteiger charge is 2.28. The molecule has 13 heavy (non-hydrogen) atoms. The average molecular weight is 204 g/mol. The zero-order valence-corrected chi connectivity index (χ0v) is 9.54. The summed E-state index contributed by atoms with van der Waals surface area (Å²) in [5.41, 5.74) is 4.80. The molecule has 3 nitrogen and oxygen atoms in total. The first-order valence-corrected chi connectivity index (χ1v) is 5.85. The maximum atomic E-state index is 11.2. The van der Waals surface area contributed by atoms with Gasteiger partial charge in [-0.3, -0.25) is 4.79 Å². The van der Waals surface area contributed by atoms with E-state index in [0.717, 1.165) is 24.5 Å². The van der Waals surface area contributed by atoms with Crippen LogP contribution in [-0.4, -0.2) is 29.5 Å². The molecule has 0 aromatic rings. The fourth-order valence-electron chi connectivity index (χ4n) is 1.11. The van der Waals surface area contributed by atoms with E-state index < -0.39 is 5.54 Å². The molecule has 3 N–H and O–H groups in total. The standard InChI is InChI=1S/C9H20N2OS/c1-4-11-9(3,8(10)12)6-7-13-5-2/h11H,4-7H2,1-3H3,(H2,10,12). The van der Waals surface area contributed by atoms with Crippen LogP contribution in [0.5, 0.6) is 0 Å². The van der Waals surface area contributed by atoms with Crippen molar-refractivity contribution >= 4 is 17.7 Å². The lowest BCUT2D eigenvalue weighted by Crippen LogP contribution is -2.53. The summed E-state index contributed by atoms with van der Waals surface area (Å²) in [5, 5.41) is 3.13. The van der Waals surface area contributed by atoms with E-state index in [-0.39, 0.29) is 5.91 Å². The van der Waals surface area contributed by atoms with Crippen molar-refractivity contribution in [3.05, 3.63) is 0 Å². The Morgan fingerprint density at radius 3 is 2.54 bits per heavy atom. The van der Waals surface area contributed by atoms with Crippen LogP contribution in [0, 0.1) is 0 Å². The number of carbonyl (C=O) groups excluding carboxylic acids is 1. The molecule has 0 bridgehead atoms. The Morgan fingerprint density at radius 1 is 1.54 bits per heavy atom. The molecular formula is C9H20N2OS. The smallest absolute Gasteiger partial charge is 0.237 e. The summed E-state index contributed by atoms with van der Waals surface area (Å²) in [6.07, 6.45) is 0.800. The fourth-order valence-corrected chi connectivity index (χ4v) is 1.95. The van der Waals surface area contributed by atoms with E-state index in [4.69, 9.17) is 5.73 Å². The molecule has 4 heteroatoms. The predicted molar refractivity (Wildman–Crippen MR) is 58.9 cm³/mol. The van der Waals surface area contributed by atoms with Crippen molar-refractivity contribution in [2.24, 2.45) is 5.73 Å². The van der Waals surface area contributed by atoms with Gasteiger partial charge in [0.1, 0.15) is 0 Å². The third kappa shape index (κ3) is 4.52. The van der Waals surface area contributed by atoms with E-state index in [1.165, 1.54) is 0 Å². The zero-order chi connectivity index (χ0) is 10.3. The van der Waals surface area contributed by atoms with Crippen molar-refractivity contribution in [2.45, 2.75) is 32.7 Å². The van der Waals surface area contributed by atoms with E-state index in [1.54, 1.807) is 0 Å². The van der Waals surface area contributed by atoms with Crippen molar-refractivity contribution in [3.8, 4) is 0 Å². The number of likely N-dealkylation sites (N-methyl/N-ethyl adjacent to an activating group) is 1. The normalized spacial score (nSPS) is 15.3. The summed E-state index contributed by atoms with van der Waals surface area (Å²) in [6.45, 7) is 6.74. The number of carbonyl (C=O) groups is 1. The van der Waals surface area contributed by atoms with E-state index in [9.17, 15) is 4.79 Å². The number of nitrogens with one attached hydrogen (secondary N) is 1. The molecule has 0 spiro atoms. The van der Waals surface area contributed by atoms with Crippen LogP contribution in [0.1, 0.15) is 27.2 Å². The van der Waals surface area contributed by atoms with Crippen LogP contribution >= 0.6 is 11.8 Å². The van der Waals surface area contributed by atoms with Gasteiger partial charge in [-0.2, -0.15) is 11.8 Å². The van der Waals surface area contributed by atoms with Gasteiger partial charge in [-0.25, -0.2) is 0 Å². The number of nitrogens with two attached hydrogens (primary N) is 1. The minimum Gasteiger partial charge on any atom is -0.368 e. The molecule has 0 aliphatic rings. The molecule has 78 valence electrons. The van der Waals surface area contributed by atoms with Crippen LogP contribution in [0.2, 0.25) is 0 Å². The molecule has 0 aromatic carbocycles. The van der Waals surface area contributed by atoms with Crippen molar-refractivity contribution < 1.29 is 4.79 Å². The lowest BCUT2D eigenvalue weighted by Gasteiger charge is -2.26. The topological polar surface area (TPSA) is 55.1 Å². The lowest BCUT2D eigenvalue weighted by molar-refractivity contribution is -0.123. The Kier molecular flexibility index (Phi) is 6.16. The van der Waals surface area contributed by atoms with Crippen LogP contribution in [0.15, 0.2) is 0 Å². The highest BCUT2D eigenvalue weighted by atomic mass is 32.2. The average Bonchev–Trinajstić information content (AvgIpc) is 2.05. The van der Waals surface area contributed by atoms with Crippen molar-refractivity contribution in [3.63, 3.8) is 0 Å². The minimum atomic E-state index is -0.531. The first-order chi connectivity index (χ1) is 6.06. The SMILES string of the molecule is CCNC(C)(CCSCC)C(N)=O. The number of rotatable bonds is 7. The van der Waals surface area contributed by atoms with Gasteiger partial charge < -0.3 is 11.1 Å². The van der Waals surface area contributed by atoms with Crippen molar-refractivity contribution in [2.75, 3.05) is 18.1 Å². The van der Waals surface area contributed by atoms with E-state index in [1.807, 2.05) is 25.6 Å². The second kappa shape index (κ2) is 6.27. The molecule has 1 amide bonds. The van der Waals surface area contributed by atoms with Crippen LogP contribution < -0.4 is 11.1 Å². The maximum absolute atomic E-state index is 11.2. The van der Waals surface area contributed by atoms with Gasteiger partial charge in [-0.1, -0.05) is 13.8 Å². The fraction of sp³-hybridized carbons (Fsp3) is 0.889. The van der Waals surface area contributed by atoms with Crippen molar-refractivity contribution in [1.29, 1.82) is 0 Å². The van der Waals surface area contributed by atoms with Gasteiger partial charge in [0, 0.05) is 0 Å². The summed E-state index contributed by atoms with van der Waals surface area (Å²) >= 11 is 1.83. The summed E-state index contributed by atoms with van der Waals surface area (Å²) in [6, 6.07) is 0. The van der Waals surface area contributed by atoms with Gasteiger partial charge in [0.2, 0.25) is 5.91 Å². The minimum absolute atomic E-state index is 0.258. The van der Waals surface area contributed by atoms with Crippen molar-refractivity contribution in [1.82, 2.24) is 5.32 Å². The summed E-state index contributed by atoms with van der Waals surface area (Å²) in [7, 11) is 0. The molecule has 1 unspecified atom stereocenters. The number of thioether (sulfide) groups is 1. The van der Waals surface area contributed by atoms with E-state index >= 15 is 0 Å². The molecule has 0 radical (unpaired) electrons. The first kappa shape index (κ1) is 12.8. The first-order valence-electron chi connectivity index (χ1n) is 4.69. The Labute approximate surface area is 84.8 Å². The van der Waals surface area contributed by atoms with Gasteiger partial charge in [-0.05, 0) is 31.4 Å². The summed E-state index contributed by atoms with van der Waals surface area (Å²) < 4.78 is 0. The van der Waals surface area contributed by atoms with Crippen LogP contribution in [0.3, 0.4) is 0 Å². The zero-order valence-electron chi connectivity index (χ0n) is 8.72. The van der Waals surface area contributed by atoms with Crippen LogP contribution in [0.25, 0.3) is 0 Å². The van der Waals surface area contributed by atoms with Crippen LogP contribution in [-0.2, 0) is 4.79 Å². The third-order valence-electron chi connectivity index (χ3n) is 2.06. The summed E-state index contributed by atoms with van der Waals surface area (Å²) in [4.78, 5) is 11.2. The van der Waals surface area contributed by atoms with E-state index in [0.29, 0.717) is 0 Å². The monoisotopic (exact) mass is 204 g/mol. The highest BCUT2D eigenvalue weighted by Crippen LogP contribution is 2.13. The number of hydrogen-bond donors (Lipinski definition) is 2. The Morgan fingerprint density at radius 2 is 2.15 bits per heavy atom. The number of hydrogen-bond acceptors (Lipinski definition) is 3. The Hall–Kier alpha value is -0.220. The summed E-state index contributed by atoms with van der Waals surface area (Å²) in [5.74, 6) is 1.80. The van der Waals surface area contributed by atoms with Gasteiger partial charge in [0.15, 0.2) is 0 Å². The van der Waals surface area contributed by atoms with Gasteiger partial charge in [-0.15, -0.1) is 0 Å². The quantitative estimate of drug-likeness (QED) is 0.608. The maximum Gasteiger partial charge on any atom is 0.237 e. The number of amides is 1. The molecule has 0 saturated heterocycles. The molecule has 1 atom stereocenters. The Bertz CT molecular complexity index is 164. The van der Waals surface area contributed by atoms with Gasteiger partial charge >= 0.3 is 0 Å². The molecule has 0 aliphatic carbocycles. The van der Waals surface area contributed by atoms with Gasteiger partial charge in [0.25, 0.3) is 0 Å². The Balaban J connectivity index is 4.00. The third-order valence-corrected chi connectivity index (χ3v) is 2.96. The van der Waals surface area contributed by atoms with Crippen LogP contribution in [0.4, 0.5) is 0 Å². The van der Waals surface area contributed by atoms with E-state index in [2.05, 4.69) is 12.2 Å². The molecule has 0 aliphatic heterocycles. The largest absolute Gasteiger partial charge is 0.368 e. The van der Waals surface area contributed by atoms with Gasteiger partial charge in [0.05, 0.1) is 5.54 Å². The number of primary amides is 1. The molecule has 0 aromatic heterocycles. The molecule has 0 saturated carbocycles. The second-order valence-corrected chi connectivity index (χ2v) is 4.57. The molecular weight excluding hydrogens is 184 g/mol. The molecule has 0 fully saturated rings. The molecule has 0 rings (SSSR count). The second-order valence-electron chi connectivity index (χ2n) is 3.17. The lowest BCUT2D eigenvalue weighted by atomic mass is 9.98. The highest BCUT2D eigenvalue weighted by molar-refractivity contribution is 7.99.